The zero-order chi connectivity index (χ0) is 8.97. The summed E-state index contributed by atoms with van der Waals surface area (Å²) >= 11 is 0. The molecule has 1 fully saturated rings. The molecule has 0 aromatic carbocycles. The summed E-state index contributed by atoms with van der Waals surface area (Å²) in [5, 5.41) is 14.7. The first-order valence-corrected chi connectivity index (χ1v) is 4.39. The molecule has 0 radical (unpaired) electrons. The average molecular weight is 172 g/mol. The Labute approximate surface area is 72.3 Å². The van der Waals surface area contributed by atoms with E-state index in [1.165, 1.54) is 0 Å². The summed E-state index contributed by atoms with van der Waals surface area (Å²) in [6, 6.07) is -0.0382. The maximum Gasteiger partial charge on any atom is 0.237 e. The first-order valence-electron chi connectivity index (χ1n) is 4.39. The minimum absolute atomic E-state index is 0.00778. The molecule has 2 atom stereocenters. The summed E-state index contributed by atoms with van der Waals surface area (Å²) in [6.45, 7) is 2.92. The van der Waals surface area contributed by atoms with Gasteiger partial charge < -0.3 is 15.7 Å². The summed E-state index contributed by atoms with van der Waals surface area (Å²) in [7, 11) is 0. The Morgan fingerprint density at radius 3 is 3.08 bits per heavy atom. The van der Waals surface area contributed by atoms with E-state index in [-0.39, 0.29) is 11.9 Å². The number of hydrogen-bond donors (Lipinski definition) is 3. The van der Waals surface area contributed by atoms with Crippen molar-refractivity contribution in [2.45, 2.75) is 31.9 Å². The van der Waals surface area contributed by atoms with Gasteiger partial charge in [-0.2, -0.15) is 0 Å². The molecule has 0 aliphatic carbocycles. The van der Waals surface area contributed by atoms with Crippen molar-refractivity contribution in [1.29, 1.82) is 0 Å². The third kappa shape index (κ3) is 2.79. The van der Waals surface area contributed by atoms with Crippen LogP contribution in [-0.4, -0.2) is 36.2 Å². The normalized spacial score (nSPS) is 25.3. The van der Waals surface area contributed by atoms with E-state index < -0.39 is 6.10 Å². The third-order valence-corrected chi connectivity index (χ3v) is 1.95. The van der Waals surface area contributed by atoms with Gasteiger partial charge in [0, 0.05) is 6.54 Å². The third-order valence-electron chi connectivity index (χ3n) is 1.95. The number of hydrogen-bond acceptors (Lipinski definition) is 3. The van der Waals surface area contributed by atoms with Gasteiger partial charge in [0.25, 0.3) is 0 Å². The Balaban J connectivity index is 2.18. The summed E-state index contributed by atoms with van der Waals surface area (Å²) in [5.74, 6) is 0.00778. The molecule has 1 saturated heterocycles. The van der Waals surface area contributed by atoms with Gasteiger partial charge in [0.1, 0.15) is 0 Å². The van der Waals surface area contributed by atoms with Gasteiger partial charge in [-0.15, -0.1) is 0 Å². The van der Waals surface area contributed by atoms with Crippen LogP contribution < -0.4 is 10.6 Å². The molecule has 1 heterocycles. The Bertz CT molecular complexity index is 153. The van der Waals surface area contributed by atoms with E-state index in [9.17, 15) is 4.79 Å². The minimum atomic E-state index is -0.463. The van der Waals surface area contributed by atoms with E-state index in [1.807, 2.05) is 0 Å². The Hall–Kier alpha value is -0.610. The van der Waals surface area contributed by atoms with E-state index in [0.29, 0.717) is 6.54 Å². The van der Waals surface area contributed by atoms with Crippen LogP contribution in [0.15, 0.2) is 0 Å². The first-order chi connectivity index (χ1) is 5.70. The number of aliphatic hydroxyl groups is 1. The van der Waals surface area contributed by atoms with Crippen LogP contribution in [0.5, 0.6) is 0 Å². The highest BCUT2D eigenvalue weighted by molar-refractivity contribution is 5.81. The summed E-state index contributed by atoms with van der Waals surface area (Å²) in [6.07, 6.45) is 1.51. The number of aliphatic hydroxyl groups excluding tert-OH is 1. The van der Waals surface area contributed by atoms with Crippen LogP contribution in [0.4, 0.5) is 0 Å². The zero-order valence-electron chi connectivity index (χ0n) is 7.34. The van der Waals surface area contributed by atoms with Crippen molar-refractivity contribution in [1.82, 2.24) is 10.6 Å². The highest BCUT2D eigenvalue weighted by Gasteiger charge is 2.21. The molecule has 1 aliphatic heterocycles. The lowest BCUT2D eigenvalue weighted by Gasteiger charge is -2.11. The molecule has 1 unspecified atom stereocenters. The molecule has 0 bridgehead atoms. The minimum Gasteiger partial charge on any atom is -0.392 e. The van der Waals surface area contributed by atoms with Gasteiger partial charge in [0.2, 0.25) is 5.91 Å². The highest BCUT2D eigenvalue weighted by atomic mass is 16.3. The number of carbonyl (C=O) groups is 1. The van der Waals surface area contributed by atoms with Crippen LogP contribution in [-0.2, 0) is 4.79 Å². The van der Waals surface area contributed by atoms with Gasteiger partial charge in [-0.25, -0.2) is 0 Å². The molecule has 1 aliphatic rings. The van der Waals surface area contributed by atoms with E-state index in [4.69, 9.17) is 5.11 Å². The fourth-order valence-corrected chi connectivity index (χ4v) is 1.28. The lowest BCUT2D eigenvalue weighted by molar-refractivity contribution is -0.123. The second-order valence-electron chi connectivity index (χ2n) is 3.24. The smallest absolute Gasteiger partial charge is 0.237 e. The first kappa shape index (κ1) is 9.48. The molecule has 4 heteroatoms. The van der Waals surface area contributed by atoms with Crippen molar-refractivity contribution in [2.75, 3.05) is 13.1 Å². The molecule has 3 N–H and O–H groups in total. The monoisotopic (exact) mass is 172 g/mol. The van der Waals surface area contributed by atoms with Crippen molar-refractivity contribution in [3.63, 3.8) is 0 Å². The number of amides is 1. The molecule has 12 heavy (non-hydrogen) atoms. The van der Waals surface area contributed by atoms with Gasteiger partial charge in [0.15, 0.2) is 0 Å². The van der Waals surface area contributed by atoms with Gasteiger partial charge in [-0.05, 0) is 26.3 Å². The van der Waals surface area contributed by atoms with Crippen molar-refractivity contribution in [3.05, 3.63) is 0 Å². The molecule has 4 nitrogen and oxygen atoms in total. The molecule has 70 valence electrons. The summed E-state index contributed by atoms with van der Waals surface area (Å²) in [5.41, 5.74) is 0. The van der Waals surface area contributed by atoms with E-state index in [0.717, 1.165) is 19.4 Å². The quantitative estimate of drug-likeness (QED) is 0.524. The maximum absolute atomic E-state index is 11.3. The SMILES string of the molecule is C[C@@H](O)CNC(=O)C1CCCN1. The number of rotatable bonds is 3. The van der Waals surface area contributed by atoms with E-state index in [2.05, 4.69) is 10.6 Å². The van der Waals surface area contributed by atoms with Crippen LogP contribution in [0.3, 0.4) is 0 Å². The van der Waals surface area contributed by atoms with Crippen molar-refractivity contribution < 1.29 is 9.90 Å². The predicted octanol–water partition coefficient (Wildman–Crippen LogP) is -0.765. The Morgan fingerprint density at radius 2 is 2.58 bits per heavy atom. The molecule has 0 aromatic heterocycles. The maximum atomic E-state index is 11.3. The Morgan fingerprint density at radius 1 is 1.83 bits per heavy atom. The standard InChI is InChI=1S/C8H16N2O2/c1-6(11)5-10-8(12)7-3-2-4-9-7/h6-7,9,11H,2-5H2,1H3,(H,10,12)/t6-,7?/m1/s1. The van der Waals surface area contributed by atoms with E-state index >= 15 is 0 Å². The van der Waals surface area contributed by atoms with Crippen LogP contribution in [0, 0.1) is 0 Å². The molecule has 1 amide bonds. The van der Waals surface area contributed by atoms with Gasteiger partial charge >= 0.3 is 0 Å². The molecular weight excluding hydrogens is 156 g/mol. The fourth-order valence-electron chi connectivity index (χ4n) is 1.28. The van der Waals surface area contributed by atoms with Crippen LogP contribution in [0.2, 0.25) is 0 Å². The second-order valence-corrected chi connectivity index (χ2v) is 3.24. The van der Waals surface area contributed by atoms with Crippen LogP contribution in [0.1, 0.15) is 19.8 Å². The highest BCUT2D eigenvalue weighted by Crippen LogP contribution is 2.04. The largest absolute Gasteiger partial charge is 0.392 e. The summed E-state index contributed by atoms with van der Waals surface area (Å²) in [4.78, 5) is 11.3. The average Bonchev–Trinajstić information content (AvgIpc) is 2.51. The van der Waals surface area contributed by atoms with Crippen LogP contribution in [0.25, 0.3) is 0 Å². The molecule has 0 aromatic rings. The zero-order valence-corrected chi connectivity index (χ0v) is 7.34. The lowest BCUT2D eigenvalue weighted by atomic mass is 10.2. The molecule has 0 saturated carbocycles. The van der Waals surface area contributed by atoms with Crippen molar-refractivity contribution in [3.8, 4) is 0 Å². The molecular formula is C8H16N2O2. The van der Waals surface area contributed by atoms with Crippen LogP contribution >= 0.6 is 0 Å². The Kier molecular flexibility index (Phi) is 3.49. The second kappa shape index (κ2) is 4.42. The topological polar surface area (TPSA) is 61.4 Å². The van der Waals surface area contributed by atoms with Gasteiger partial charge in [0.05, 0.1) is 12.1 Å². The van der Waals surface area contributed by atoms with Gasteiger partial charge in [-0.3, -0.25) is 4.79 Å². The number of nitrogens with one attached hydrogen (secondary N) is 2. The molecule has 1 rings (SSSR count). The fraction of sp³-hybridized carbons (Fsp3) is 0.875. The predicted molar refractivity (Wildman–Crippen MR) is 45.7 cm³/mol. The lowest BCUT2D eigenvalue weighted by Crippen LogP contribution is -2.42. The number of carbonyl (C=O) groups excluding carboxylic acids is 1. The van der Waals surface area contributed by atoms with Gasteiger partial charge in [-0.1, -0.05) is 0 Å². The van der Waals surface area contributed by atoms with Crippen molar-refractivity contribution in [2.24, 2.45) is 0 Å². The summed E-state index contributed by atoms with van der Waals surface area (Å²) < 4.78 is 0. The van der Waals surface area contributed by atoms with E-state index in [1.54, 1.807) is 6.92 Å². The van der Waals surface area contributed by atoms with Crippen molar-refractivity contribution >= 4 is 5.91 Å². The molecule has 0 spiro atoms.